The first-order chi connectivity index (χ1) is 5.81. The molecular formula is C10H9ClS. The van der Waals surface area contributed by atoms with Crippen molar-refractivity contribution >= 4 is 33.0 Å². The van der Waals surface area contributed by atoms with Crippen LogP contribution in [0, 0.1) is 0 Å². The van der Waals surface area contributed by atoms with E-state index in [1.807, 2.05) is 12.1 Å². The van der Waals surface area contributed by atoms with Crippen LogP contribution in [0.3, 0.4) is 0 Å². The van der Waals surface area contributed by atoms with Crippen LogP contribution in [0.1, 0.15) is 12.5 Å². The van der Waals surface area contributed by atoms with Gasteiger partial charge in [0.2, 0.25) is 0 Å². The average molecular weight is 197 g/mol. The Morgan fingerprint density at radius 3 is 3.00 bits per heavy atom. The normalized spacial score (nSPS) is 10.8. The summed E-state index contributed by atoms with van der Waals surface area (Å²) in [5.41, 5.74) is 1.40. The second kappa shape index (κ2) is 3.08. The van der Waals surface area contributed by atoms with Gasteiger partial charge in [0, 0.05) is 9.72 Å². The van der Waals surface area contributed by atoms with Crippen molar-refractivity contribution in [3.8, 4) is 0 Å². The third-order valence-corrected chi connectivity index (χ3v) is 3.24. The zero-order chi connectivity index (χ0) is 8.55. The van der Waals surface area contributed by atoms with Gasteiger partial charge in [0.1, 0.15) is 0 Å². The Balaban J connectivity index is 2.75. The number of hydrogen-bond acceptors (Lipinski definition) is 1. The number of benzene rings is 1. The fraction of sp³-hybridized carbons (Fsp3) is 0.200. The van der Waals surface area contributed by atoms with Crippen LogP contribution in [0.5, 0.6) is 0 Å². The van der Waals surface area contributed by atoms with Crippen LogP contribution in [0.2, 0.25) is 5.02 Å². The SMILES string of the molecule is CCc1csc2ccc(Cl)cc12. The molecule has 0 aliphatic carbocycles. The molecule has 0 N–H and O–H groups in total. The summed E-state index contributed by atoms with van der Waals surface area (Å²) in [4.78, 5) is 0. The van der Waals surface area contributed by atoms with Crippen molar-refractivity contribution < 1.29 is 0 Å². The molecule has 1 heterocycles. The van der Waals surface area contributed by atoms with E-state index in [2.05, 4.69) is 18.4 Å². The van der Waals surface area contributed by atoms with E-state index in [0.717, 1.165) is 11.4 Å². The minimum atomic E-state index is 0.829. The van der Waals surface area contributed by atoms with Gasteiger partial charge in [-0.15, -0.1) is 11.3 Å². The number of thiophene rings is 1. The van der Waals surface area contributed by atoms with Crippen LogP contribution in [0.15, 0.2) is 23.6 Å². The molecule has 1 aromatic heterocycles. The molecule has 0 fully saturated rings. The third-order valence-electron chi connectivity index (χ3n) is 2.00. The lowest BCUT2D eigenvalue weighted by Crippen LogP contribution is -1.74. The Morgan fingerprint density at radius 1 is 1.42 bits per heavy atom. The maximum absolute atomic E-state index is 5.91. The Bertz CT molecular complexity index is 403. The lowest BCUT2D eigenvalue weighted by molar-refractivity contribution is 1.17. The monoisotopic (exact) mass is 196 g/mol. The minimum Gasteiger partial charge on any atom is -0.144 e. The van der Waals surface area contributed by atoms with Gasteiger partial charge in [-0.05, 0) is 40.9 Å². The summed E-state index contributed by atoms with van der Waals surface area (Å²) in [6.45, 7) is 2.17. The van der Waals surface area contributed by atoms with Crippen molar-refractivity contribution in [1.29, 1.82) is 0 Å². The summed E-state index contributed by atoms with van der Waals surface area (Å²) in [5.74, 6) is 0. The molecule has 0 aliphatic heterocycles. The van der Waals surface area contributed by atoms with Gasteiger partial charge in [-0.3, -0.25) is 0 Å². The Kier molecular flexibility index (Phi) is 2.07. The highest BCUT2D eigenvalue weighted by Gasteiger charge is 2.01. The quantitative estimate of drug-likeness (QED) is 0.644. The zero-order valence-corrected chi connectivity index (χ0v) is 8.38. The first kappa shape index (κ1) is 8.09. The van der Waals surface area contributed by atoms with Crippen molar-refractivity contribution in [3.63, 3.8) is 0 Å². The van der Waals surface area contributed by atoms with Gasteiger partial charge in [-0.2, -0.15) is 0 Å². The Morgan fingerprint density at radius 2 is 2.25 bits per heavy atom. The largest absolute Gasteiger partial charge is 0.144 e. The van der Waals surface area contributed by atoms with Gasteiger partial charge in [0.05, 0.1) is 0 Å². The zero-order valence-electron chi connectivity index (χ0n) is 6.80. The summed E-state index contributed by atoms with van der Waals surface area (Å²) >= 11 is 7.70. The number of rotatable bonds is 1. The van der Waals surface area contributed by atoms with E-state index in [-0.39, 0.29) is 0 Å². The smallest absolute Gasteiger partial charge is 0.0413 e. The summed E-state index contributed by atoms with van der Waals surface area (Å²) in [6.07, 6.45) is 1.08. The first-order valence-corrected chi connectivity index (χ1v) is 5.22. The number of hydrogen-bond donors (Lipinski definition) is 0. The number of aryl methyl sites for hydroxylation is 1. The highest BCUT2D eigenvalue weighted by atomic mass is 35.5. The molecule has 0 saturated heterocycles. The van der Waals surface area contributed by atoms with Crippen molar-refractivity contribution in [2.24, 2.45) is 0 Å². The Hall–Kier alpha value is -0.530. The summed E-state index contributed by atoms with van der Waals surface area (Å²) < 4.78 is 1.33. The van der Waals surface area contributed by atoms with Gasteiger partial charge < -0.3 is 0 Å². The Labute approximate surface area is 80.8 Å². The molecule has 62 valence electrons. The highest BCUT2D eigenvalue weighted by Crippen LogP contribution is 2.28. The van der Waals surface area contributed by atoms with E-state index >= 15 is 0 Å². The van der Waals surface area contributed by atoms with Gasteiger partial charge in [-0.25, -0.2) is 0 Å². The molecule has 0 spiro atoms. The van der Waals surface area contributed by atoms with Crippen molar-refractivity contribution in [1.82, 2.24) is 0 Å². The van der Waals surface area contributed by atoms with Crippen LogP contribution in [-0.2, 0) is 6.42 Å². The summed E-state index contributed by atoms with van der Waals surface area (Å²) in [5, 5.41) is 4.35. The second-order valence-electron chi connectivity index (χ2n) is 2.75. The van der Waals surface area contributed by atoms with Gasteiger partial charge in [0.25, 0.3) is 0 Å². The maximum atomic E-state index is 5.91. The third kappa shape index (κ3) is 1.23. The van der Waals surface area contributed by atoms with E-state index in [4.69, 9.17) is 11.6 Å². The van der Waals surface area contributed by atoms with E-state index in [1.54, 1.807) is 11.3 Å². The molecule has 0 aliphatic rings. The molecule has 2 heteroatoms. The lowest BCUT2D eigenvalue weighted by atomic mass is 10.1. The van der Waals surface area contributed by atoms with Crippen LogP contribution < -0.4 is 0 Å². The molecule has 1 aromatic carbocycles. The van der Waals surface area contributed by atoms with Gasteiger partial charge in [-0.1, -0.05) is 18.5 Å². The van der Waals surface area contributed by atoms with E-state index in [1.165, 1.54) is 15.6 Å². The lowest BCUT2D eigenvalue weighted by Gasteiger charge is -1.94. The van der Waals surface area contributed by atoms with Gasteiger partial charge in [0.15, 0.2) is 0 Å². The molecule has 0 saturated carbocycles. The molecule has 2 aromatic rings. The van der Waals surface area contributed by atoms with Crippen LogP contribution in [0.4, 0.5) is 0 Å². The summed E-state index contributed by atoms with van der Waals surface area (Å²) in [7, 11) is 0. The predicted molar refractivity (Wildman–Crippen MR) is 56.2 cm³/mol. The maximum Gasteiger partial charge on any atom is 0.0413 e. The molecule has 2 rings (SSSR count). The molecule has 12 heavy (non-hydrogen) atoms. The summed E-state index contributed by atoms with van der Waals surface area (Å²) in [6, 6.07) is 6.08. The predicted octanol–water partition coefficient (Wildman–Crippen LogP) is 4.12. The van der Waals surface area contributed by atoms with Crippen molar-refractivity contribution in [2.75, 3.05) is 0 Å². The molecule has 0 nitrogen and oxygen atoms in total. The molecule has 0 amide bonds. The van der Waals surface area contributed by atoms with Crippen LogP contribution >= 0.6 is 22.9 Å². The molecule has 0 unspecified atom stereocenters. The van der Waals surface area contributed by atoms with E-state index < -0.39 is 0 Å². The van der Waals surface area contributed by atoms with E-state index in [0.29, 0.717) is 0 Å². The minimum absolute atomic E-state index is 0.829. The molecule has 0 radical (unpaired) electrons. The number of fused-ring (bicyclic) bond motifs is 1. The number of halogens is 1. The fourth-order valence-electron chi connectivity index (χ4n) is 1.33. The topological polar surface area (TPSA) is 0 Å². The second-order valence-corrected chi connectivity index (χ2v) is 4.10. The standard InChI is InChI=1S/C10H9ClS/c1-2-7-6-12-10-4-3-8(11)5-9(7)10/h3-6H,2H2,1H3. The highest BCUT2D eigenvalue weighted by molar-refractivity contribution is 7.17. The van der Waals surface area contributed by atoms with Crippen LogP contribution in [-0.4, -0.2) is 0 Å². The van der Waals surface area contributed by atoms with E-state index in [9.17, 15) is 0 Å². The van der Waals surface area contributed by atoms with Crippen molar-refractivity contribution in [2.45, 2.75) is 13.3 Å². The van der Waals surface area contributed by atoms with Crippen molar-refractivity contribution in [3.05, 3.63) is 34.2 Å². The fourth-order valence-corrected chi connectivity index (χ4v) is 2.53. The van der Waals surface area contributed by atoms with Gasteiger partial charge >= 0.3 is 0 Å². The average Bonchev–Trinajstić information content (AvgIpc) is 2.46. The molecular weight excluding hydrogens is 188 g/mol. The van der Waals surface area contributed by atoms with Crippen LogP contribution in [0.25, 0.3) is 10.1 Å². The first-order valence-electron chi connectivity index (χ1n) is 3.97. The molecule has 0 atom stereocenters. The molecule has 0 bridgehead atoms.